The summed E-state index contributed by atoms with van der Waals surface area (Å²) in [5.41, 5.74) is -1.29. The van der Waals surface area contributed by atoms with Crippen molar-refractivity contribution in [2.75, 3.05) is 19.0 Å². The normalized spacial score (nSPS) is 12.4. The van der Waals surface area contributed by atoms with Crippen molar-refractivity contribution in [3.05, 3.63) is 87.2 Å². The van der Waals surface area contributed by atoms with Crippen LogP contribution < -0.4 is 21.3 Å². The van der Waals surface area contributed by atoms with Crippen molar-refractivity contribution in [3.63, 3.8) is 0 Å². The number of fused-ring (bicyclic) bond motifs is 1. The Bertz CT molecular complexity index is 1560. The first kappa shape index (κ1) is 24.8. The number of aromatic nitrogens is 2. The van der Waals surface area contributed by atoms with E-state index in [4.69, 9.17) is 4.74 Å². The molecule has 0 saturated heterocycles. The molecule has 3 aromatic carbocycles. The largest absolute Gasteiger partial charge is 0.495 e. The first-order chi connectivity index (χ1) is 17.1. The third kappa shape index (κ3) is 5.02. The number of nitrogens with one attached hydrogen (secondary N) is 2. The Labute approximate surface area is 203 Å². The second-order valence-corrected chi connectivity index (χ2v) is 8.32. The van der Waals surface area contributed by atoms with Crippen LogP contribution in [0.2, 0.25) is 0 Å². The molecule has 1 atom stereocenters. The van der Waals surface area contributed by atoms with Gasteiger partial charge in [0, 0.05) is 36.0 Å². The Balaban J connectivity index is 1.86. The fourth-order valence-electron chi connectivity index (χ4n) is 3.87. The van der Waals surface area contributed by atoms with E-state index in [-0.39, 0.29) is 22.9 Å². The lowest BCUT2D eigenvalue weighted by molar-refractivity contribution is -0.138. The Morgan fingerprint density at radius 2 is 1.78 bits per heavy atom. The van der Waals surface area contributed by atoms with Gasteiger partial charge < -0.3 is 14.8 Å². The van der Waals surface area contributed by atoms with Crippen molar-refractivity contribution in [3.8, 4) is 22.6 Å². The molecule has 0 saturated carbocycles. The van der Waals surface area contributed by atoms with E-state index in [1.807, 2.05) is 23.2 Å². The highest BCUT2D eigenvalue weighted by atomic mass is 19.4. The molecule has 0 unspecified atom stereocenters. The van der Waals surface area contributed by atoms with Crippen LogP contribution in [0.15, 0.2) is 70.4 Å². The summed E-state index contributed by atoms with van der Waals surface area (Å²) >= 11 is 0. The maximum Gasteiger partial charge on any atom is 0.420 e. The number of alkyl halides is 3. The zero-order valence-corrected chi connectivity index (χ0v) is 19.3. The summed E-state index contributed by atoms with van der Waals surface area (Å²) < 4.78 is 48.1. The van der Waals surface area contributed by atoms with Gasteiger partial charge in [-0.1, -0.05) is 25.1 Å². The maximum absolute atomic E-state index is 14.0. The van der Waals surface area contributed by atoms with Crippen molar-refractivity contribution in [1.29, 1.82) is 0 Å². The monoisotopic (exact) mass is 497 g/mol. The molecule has 7 nitrogen and oxygen atoms in total. The second-order valence-electron chi connectivity index (χ2n) is 8.32. The van der Waals surface area contributed by atoms with Crippen LogP contribution in [0.25, 0.3) is 27.6 Å². The zero-order chi connectivity index (χ0) is 26.0. The fourth-order valence-corrected chi connectivity index (χ4v) is 3.87. The van der Waals surface area contributed by atoms with Gasteiger partial charge in [-0.2, -0.15) is 13.2 Å². The van der Waals surface area contributed by atoms with Gasteiger partial charge in [0.2, 0.25) is 0 Å². The topological polar surface area (TPSA) is 93.2 Å². The number of carbonyl (C=O) groups excluding carboxylic acids is 1. The highest BCUT2D eigenvalue weighted by Gasteiger charge is 2.36. The van der Waals surface area contributed by atoms with Gasteiger partial charge in [-0.3, -0.25) is 14.3 Å². The lowest BCUT2D eigenvalue weighted by Gasteiger charge is -2.19. The predicted octanol–water partition coefficient (Wildman–Crippen LogP) is 4.62. The van der Waals surface area contributed by atoms with E-state index in [9.17, 15) is 27.6 Å². The number of nitrogens with zero attached hydrogens (tertiary/aromatic N) is 1. The molecular formula is C26H22F3N3O4. The molecule has 0 aliphatic heterocycles. The van der Waals surface area contributed by atoms with Gasteiger partial charge >= 0.3 is 11.9 Å². The van der Waals surface area contributed by atoms with Crippen molar-refractivity contribution in [2.24, 2.45) is 5.92 Å². The van der Waals surface area contributed by atoms with E-state index in [2.05, 4.69) is 5.32 Å². The van der Waals surface area contributed by atoms with Gasteiger partial charge in [-0.05, 0) is 46.7 Å². The van der Waals surface area contributed by atoms with Gasteiger partial charge in [0.25, 0.3) is 5.56 Å². The standard InChI is InChI=1S/C26H22F3N3O4/c1-15(14-33)13-30-19-6-5-16-9-18(4-3-17(16)10-19)21-11-20(32-8-7-23(34)31-25(32)35)12-22(24(21)36-2)26(27,28)29/h3-12,14-15,30H,13H2,1-2H3,(H,31,34,35)/t15-/m0/s1. The quantitative estimate of drug-likeness (QED) is 0.364. The summed E-state index contributed by atoms with van der Waals surface area (Å²) in [6.07, 6.45) is -2.79. The number of halogens is 3. The molecule has 0 radical (unpaired) electrons. The number of carbonyl (C=O) groups is 1. The van der Waals surface area contributed by atoms with Crippen LogP contribution in [-0.4, -0.2) is 29.5 Å². The van der Waals surface area contributed by atoms with Crippen molar-refractivity contribution < 1.29 is 22.7 Å². The van der Waals surface area contributed by atoms with E-state index >= 15 is 0 Å². The lowest BCUT2D eigenvalue weighted by atomic mass is 9.97. The molecule has 36 heavy (non-hydrogen) atoms. The minimum absolute atomic E-state index is 0.0803. The summed E-state index contributed by atoms with van der Waals surface area (Å²) in [5, 5.41) is 4.78. The molecule has 0 fully saturated rings. The Morgan fingerprint density at radius 1 is 1.06 bits per heavy atom. The number of ether oxygens (including phenoxy) is 1. The minimum atomic E-state index is -4.77. The summed E-state index contributed by atoms with van der Waals surface area (Å²) in [5.74, 6) is -0.537. The van der Waals surface area contributed by atoms with E-state index < -0.39 is 23.0 Å². The van der Waals surface area contributed by atoms with Crippen LogP contribution >= 0.6 is 0 Å². The predicted molar refractivity (Wildman–Crippen MR) is 131 cm³/mol. The first-order valence-electron chi connectivity index (χ1n) is 11.0. The average molecular weight is 497 g/mol. The van der Waals surface area contributed by atoms with Crippen molar-refractivity contribution in [1.82, 2.24) is 9.55 Å². The van der Waals surface area contributed by atoms with Crippen LogP contribution in [0.5, 0.6) is 5.75 Å². The third-order valence-electron chi connectivity index (χ3n) is 5.70. The Morgan fingerprint density at radius 3 is 2.44 bits per heavy atom. The van der Waals surface area contributed by atoms with E-state index in [1.54, 1.807) is 25.1 Å². The number of hydrogen-bond acceptors (Lipinski definition) is 5. The molecule has 2 N–H and O–H groups in total. The molecule has 0 aliphatic carbocycles. The Hall–Kier alpha value is -4.34. The number of hydrogen-bond donors (Lipinski definition) is 2. The van der Waals surface area contributed by atoms with Crippen LogP contribution in [-0.2, 0) is 11.0 Å². The summed E-state index contributed by atoms with van der Waals surface area (Å²) in [4.78, 5) is 36.6. The molecule has 4 aromatic rings. The number of aldehydes is 1. The molecule has 1 heterocycles. The highest BCUT2D eigenvalue weighted by Crippen LogP contribution is 2.44. The number of methoxy groups -OCH3 is 1. The van der Waals surface area contributed by atoms with Crippen LogP contribution in [0.1, 0.15) is 12.5 Å². The minimum Gasteiger partial charge on any atom is -0.495 e. The Kier molecular flexibility index (Phi) is 6.69. The molecule has 0 bridgehead atoms. The molecule has 10 heteroatoms. The number of aromatic amines is 1. The summed E-state index contributed by atoms with van der Waals surface area (Å²) in [6, 6.07) is 13.9. The van der Waals surface area contributed by atoms with Gasteiger partial charge in [0.15, 0.2) is 0 Å². The fraction of sp³-hybridized carbons (Fsp3) is 0.192. The van der Waals surface area contributed by atoms with Crippen molar-refractivity contribution in [2.45, 2.75) is 13.1 Å². The van der Waals surface area contributed by atoms with Gasteiger partial charge in [-0.15, -0.1) is 0 Å². The van der Waals surface area contributed by atoms with Crippen LogP contribution in [0, 0.1) is 5.92 Å². The molecular weight excluding hydrogens is 475 g/mol. The van der Waals surface area contributed by atoms with Gasteiger partial charge in [0.1, 0.15) is 17.6 Å². The lowest BCUT2D eigenvalue weighted by Crippen LogP contribution is -2.27. The average Bonchev–Trinajstić information content (AvgIpc) is 2.85. The molecule has 186 valence electrons. The molecule has 1 aromatic heterocycles. The smallest absolute Gasteiger partial charge is 0.420 e. The molecule has 0 spiro atoms. The molecule has 4 rings (SSSR count). The van der Waals surface area contributed by atoms with Crippen LogP contribution in [0.4, 0.5) is 18.9 Å². The summed E-state index contributed by atoms with van der Waals surface area (Å²) in [6.45, 7) is 2.27. The maximum atomic E-state index is 14.0. The van der Waals surface area contributed by atoms with Gasteiger partial charge in [0.05, 0.1) is 12.8 Å². The van der Waals surface area contributed by atoms with E-state index in [0.29, 0.717) is 12.1 Å². The molecule has 0 aliphatic rings. The zero-order valence-electron chi connectivity index (χ0n) is 19.3. The number of anilines is 1. The third-order valence-corrected chi connectivity index (χ3v) is 5.70. The molecule has 0 amide bonds. The van der Waals surface area contributed by atoms with Crippen molar-refractivity contribution >= 4 is 22.7 Å². The number of H-pyrrole nitrogens is 1. The highest BCUT2D eigenvalue weighted by molar-refractivity contribution is 5.91. The van der Waals surface area contributed by atoms with E-state index in [1.165, 1.54) is 6.07 Å². The first-order valence-corrected chi connectivity index (χ1v) is 11.0. The van der Waals surface area contributed by atoms with E-state index in [0.717, 1.165) is 52.8 Å². The SMILES string of the molecule is COc1c(-c2ccc3cc(NC[C@H](C)C=O)ccc3c2)cc(-n2ccc(=O)[nH]c2=O)cc1C(F)(F)F. The summed E-state index contributed by atoms with van der Waals surface area (Å²) in [7, 11) is 1.15. The second kappa shape index (κ2) is 9.73. The van der Waals surface area contributed by atoms with Gasteiger partial charge in [-0.25, -0.2) is 4.79 Å². The van der Waals surface area contributed by atoms with Crippen LogP contribution in [0.3, 0.4) is 0 Å². The number of benzene rings is 3. The number of rotatable bonds is 7.